The van der Waals surface area contributed by atoms with E-state index < -0.39 is 22.5 Å². The van der Waals surface area contributed by atoms with E-state index in [1.807, 2.05) is 0 Å². The molecule has 0 heterocycles. The number of hydrogen-bond donors (Lipinski definition) is 1. The van der Waals surface area contributed by atoms with E-state index in [1.165, 1.54) is 31.2 Å². The third-order valence-corrected chi connectivity index (χ3v) is 3.97. The van der Waals surface area contributed by atoms with Crippen LogP contribution in [0.1, 0.15) is 24.2 Å². The number of allylic oxidation sites excluding steroid dienone is 1. The maximum Gasteiger partial charge on any atom is 0.321 e. The quantitative estimate of drug-likeness (QED) is 0.465. The molecule has 21 heavy (non-hydrogen) atoms. The summed E-state index contributed by atoms with van der Waals surface area (Å²) in [6.07, 6.45) is 3.35. The molecule has 1 N–H and O–H groups in total. The zero-order chi connectivity index (χ0) is 15.9. The second-order valence-electron chi connectivity index (χ2n) is 4.16. The fraction of sp³-hybridized carbons (Fsp3) is 0.286. The van der Waals surface area contributed by atoms with E-state index in [1.54, 1.807) is 19.1 Å². The topological polar surface area (TPSA) is 89.5 Å². The third-order valence-electron chi connectivity index (χ3n) is 2.55. The molecule has 1 aromatic rings. The molecule has 0 aliphatic carbocycles. The Morgan fingerprint density at radius 2 is 1.86 bits per heavy atom. The molecular formula is C14H17NO5S. The molecule has 0 aliphatic heterocycles. The first-order valence-corrected chi connectivity index (χ1v) is 7.72. The van der Waals surface area contributed by atoms with Crippen LogP contribution in [0.3, 0.4) is 0 Å². The van der Waals surface area contributed by atoms with Crippen LogP contribution in [-0.4, -0.2) is 33.3 Å². The van der Waals surface area contributed by atoms with Gasteiger partial charge in [0.25, 0.3) is 0 Å². The van der Waals surface area contributed by atoms with Crippen LogP contribution in [0.2, 0.25) is 0 Å². The van der Waals surface area contributed by atoms with Crippen LogP contribution in [-0.2, 0) is 19.6 Å². The minimum atomic E-state index is -3.81. The summed E-state index contributed by atoms with van der Waals surface area (Å²) < 4.78 is 30.8. The molecule has 0 saturated carbocycles. The minimum Gasteiger partial charge on any atom is -0.460 e. The molecule has 114 valence electrons. The van der Waals surface area contributed by atoms with Crippen LogP contribution in [0.4, 0.5) is 0 Å². The van der Waals surface area contributed by atoms with Gasteiger partial charge in [0.15, 0.2) is 5.78 Å². The van der Waals surface area contributed by atoms with E-state index in [9.17, 15) is 18.0 Å². The van der Waals surface area contributed by atoms with Crippen molar-refractivity contribution in [3.63, 3.8) is 0 Å². The van der Waals surface area contributed by atoms with Gasteiger partial charge in [-0.1, -0.05) is 24.3 Å². The van der Waals surface area contributed by atoms with Gasteiger partial charge in [-0.3, -0.25) is 9.59 Å². The maximum atomic E-state index is 11.9. The van der Waals surface area contributed by atoms with Crippen LogP contribution >= 0.6 is 0 Å². The molecule has 0 bridgehead atoms. The largest absolute Gasteiger partial charge is 0.460 e. The molecule has 0 amide bonds. The van der Waals surface area contributed by atoms with Gasteiger partial charge >= 0.3 is 5.97 Å². The number of carbonyl (C=O) groups is 2. The van der Waals surface area contributed by atoms with Crippen molar-refractivity contribution in [2.45, 2.75) is 18.7 Å². The van der Waals surface area contributed by atoms with E-state index in [0.717, 1.165) is 0 Å². The Balaban J connectivity index is 2.65. The summed E-state index contributed by atoms with van der Waals surface area (Å²) in [5.41, 5.74) is 0.416. The molecule has 1 rings (SSSR count). The lowest BCUT2D eigenvalue weighted by Gasteiger charge is -2.07. The van der Waals surface area contributed by atoms with Gasteiger partial charge in [0, 0.05) is 5.56 Å². The number of ether oxygens (including phenoxy) is 1. The standard InChI is InChI=1S/C14H17NO5S/c1-3-4-9-20-14(17)10-15-21(18,19)13-7-5-12(6-8-13)11(2)16/h3-8,15H,9-10H2,1-2H3/b4-3+. The SMILES string of the molecule is C/C=C/COC(=O)CNS(=O)(=O)c1ccc(C(C)=O)cc1. The van der Waals surface area contributed by atoms with Crippen LogP contribution < -0.4 is 4.72 Å². The van der Waals surface area contributed by atoms with Gasteiger partial charge in [-0.15, -0.1) is 0 Å². The highest BCUT2D eigenvalue weighted by atomic mass is 32.2. The van der Waals surface area contributed by atoms with E-state index in [4.69, 9.17) is 4.74 Å². The highest BCUT2D eigenvalue weighted by Gasteiger charge is 2.16. The van der Waals surface area contributed by atoms with Gasteiger partial charge in [-0.05, 0) is 26.0 Å². The Labute approximate surface area is 123 Å². The molecule has 0 unspecified atom stereocenters. The molecule has 0 fully saturated rings. The zero-order valence-corrected chi connectivity index (χ0v) is 12.6. The van der Waals surface area contributed by atoms with E-state index in [2.05, 4.69) is 4.72 Å². The predicted molar refractivity (Wildman–Crippen MR) is 77.4 cm³/mol. The van der Waals surface area contributed by atoms with Crippen LogP contribution in [0.25, 0.3) is 0 Å². The molecule has 0 spiro atoms. The molecule has 0 aromatic heterocycles. The van der Waals surface area contributed by atoms with Crippen LogP contribution in [0.15, 0.2) is 41.3 Å². The number of nitrogens with one attached hydrogen (secondary N) is 1. The first-order valence-electron chi connectivity index (χ1n) is 6.24. The average molecular weight is 311 g/mol. The lowest BCUT2D eigenvalue weighted by atomic mass is 10.2. The van der Waals surface area contributed by atoms with Crippen molar-refractivity contribution >= 4 is 21.8 Å². The van der Waals surface area contributed by atoms with Crippen molar-refractivity contribution in [3.05, 3.63) is 42.0 Å². The fourth-order valence-corrected chi connectivity index (χ4v) is 2.36. The Bertz CT molecular complexity index is 632. The number of carbonyl (C=O) groups excluding carboxylic acids is 2. The summed E-state index contributed by atoms with van der Waals surface area (Å²) in [6.45, 7) is 2.82. The summed E-state index contributed by atoms with van der Waals surface area (Å²) in [4.78, 5) is 22.4. The van der Waals surface area contributed by atoms with Crippen molar-refractivity contribution in [1.82, 2.24) is 4.72 Å². The number of Topliss-reactive ketones (excluding diaryl/α,β-unsaturated/α-hetero) is 1. The van der Waals surface area contributed by atoms with Crippen molar-refractivity contribution in [3.8, 4) is 0 Å². The lowest BCUT2D eigenvalue weighted by Crippen LogP contribution is -2.30. The first-order chi connectivity index (χ1) is 9.86. The van der Waals surface area contributed by atoms with Gasteiger partial charge in [-0.2, -0.15) is 4.72 Å². The number of esters is 1. The lowest BCUT2D eigenvalue weighted by molar-refractivity contribution is -0.140. The van der Waals surface area contributed by atoms with Gasteiger partial charge < -0.3 is 4.74 Å². The maximum absolute atomic E-state index is 11.9. The number of ketones is 1. The Hall–Kier alpha value is -1.99. The Morgan fingerprint density at radius 1 is 1.24 bits per heavy atom. The molecule has 7 heteroatoms. The summed E-state index contributed by atoms with van der Waals surface area (Å²) in [6, 6.07) is 5.46. The monoisotopic (exact) mass is 311 g/mol. The average Bonchev–Trinajstić information content (AvgIpc) is 2.45. The van der Waals surface area contributed by atoms with Crippen LogP contribution in [0, 0.1) is 0 Å². The summed E-state index contributed by atoms with van der Waals surface area (Å²) in [7, 11) is -3.81. The minimum absolute atomic E-state index is 0.0197. The molecular weight excluding hydrogens is 294 g/mol. The number of hydrogen-bond acceptors (Lipinski definition) is 5. The highest BCUT2D eigenvalue weighted by Crippen LogP contribution is 2.10. The summed E-state index contributed by atoms with van der Waals surface area (Å²) in [5, 5.41) is 0. The van der Waals surface area contributed by atoms with Gasteiger partial charge in [0.2, 0.25) is 10.0 Å². The predicted octanol–water partition coefficient (Wildman–Crippen LogP) is 1.29. The van der Waals surface area contributed by atoms with Crippen LogP contribution in [0.5, 0.6) is 0 Å². The molecule has 0 aliphatic rings. The highest BCUT2D eigenvalue weighted by molar-refractivity contribution is 7.89. The molecule has 0 saturated heterocycles. The normalized spacial score (nSPS) is 11.5. The van der Waals surface area contributed by atoms with E-state index >= 15 is 0 Å². The van der Waals surface area contributed by atoms with Crippen molar-refractivity contribution in [2.75, 3.05) is 13.2 Å². The summed E-state index contributed by atoms with van der Waals surface area (Å²) in [5.74, 6) is -0.823. The van der Waals surface area contributed by atoms with E-state index in [-0.39, 0.29) is 17.3 Å². The Kier molecular flexibility index (Phi) is 6.26. The van der Waals surface area contributed by atoms with Gasteiger partial charge in [-0.25, -0.2) is 8.42 Å². The molecule has 0 radical (unpaired) electrons. The van der Waals surface area contributed by atoms with Crippen molar-refractivity contribution in [1.29, 1.82) is 0 Å². The molecule has 1 aromatic carbocycles. The molecule has 0 atom stereocenters. The second kappa shape index (κ2) is 7.70. The number of sulfonamides is 1. The van der Waals surface area contributed by atoms with Crippen molar-refractivity contribution in [2.24, 2.45) is 0 Å². The Morgan fingerprint density at radius 3 is 2.38 bits per heavy atom. The second-order valence-corrected chi connectivity index (χ2v) is 5.92. The van der Waals surface area contributed by atoms with Gasteiger partial charge in [0.1, 0.15) is 13.2 Å². The number of rotatable bonds is 7. The third kappa shape index (κ3) is 5.49. The molecule has 6 nitrogen and oxygen atoms in total. The fourth-order valence-electron chi connectivity index (χ4n) is 1.39. The van der Waals surface area contributed by atoms with Gasteiger partial charge in [0.05, 0.1) is 4.90 Å². The zero-order valence-electron chi connectivity index (χ0n) is 11.8. The number of benzene rings is 1. The van der Waals surface area contributed by atoms with E-state index in [0.29, 0.717) is 5.56 Å². The van der Waals surface area contributed by atoms with Crippen molar-refractivity contribution < 1.29 is 22.7 Å². The summed E-state index contributed by atoms with van der Waals surface area (Å²) >= 11 is 0. The smallest absolute Gasteiger partial charge is 0.321 e. The first kappa shape index (κ1) is 17.1.